The Labute approximate surface area is 104 Å². The van der Waals surface area contributed by atoms with Crippen LogP contribution in [-0.4, -0.2) is 4.37 Å². The maximum atomic E-state index is 5.67. The van der Waals surface area contributed by atoms with Gasteiger partial charge in [0.1, 0.15) is 0 Å². The van der Waals surface area contributed by atoms with E-state index in [-0.39, 0.29) is 0 Å². The minimum atomic E-state index is 0.565. The van der Waals surface area contributed by atoms with Gasteiger partial charge in [-0.05, 0) is 29.2 Å². The quantitative estimate of drug-likeness (QED) is 0.745. The van der Waals surface area contributed by atoms with Gasteiger partial charge in [0.25, 0.3) is 0 Å². The van der Waals surface area contributed by atoms with Gasteiger partial charge in [-0.1, -0.05) is 36.4 Å². The number of fused-ring (bicyclic) bond motifs is 1. The van der Waals surface area contributed by atoms with E-state index < -0.39 is 0 Å². The summed E-state index contributed by atoms with van der Waals surface area (Å²) in [6.07, 6.45) is 0. The maximum Gasteiger partial charge on any atom is 0.0919 e. The Morgan fingerprint density at radius 2 is 1.94 bits per heavy atom. The van der Waals surface area contributed by atoms with E-state index in [1.807, 2.05) is 24.3 Å². The molecule has 0 saturated carbocycles. The van der Waals surface area contributed by atoms with Gasteiger partial charge in [0.2, 0.25) is 0 Å². The van der Waals surface area contributed by atoms with Gasteiger partial charge in [-0.3, -0.25) is 0 Å². The molecule has 1 heterocycles. The Hall–Kier alpha value is -1.71. The van der Waals surface area contributed by atoms with Crippen molar-refractivity contribution >= 4 is 21.6 Å². The van der Waals surface area contributed by atoms with Crippen LogP contribution in [-0.2, 0) is 6.54 Å². The largest absolute Gasteiger partial charge is 0.326 e. The molecule has 0 aliphatic rings. The van der Waals surface area contributed by atoms with Crippen LogP contribution in [0.25, 0.3) is 21.3 Å². The number of nitrogens with zero attached hydrogens (tertiary/aromatic N) is 1. The Morgan fingerprint density at radius 1 is 1.06 bits per heavy atom. The lowest BCUT2D eigenvalue weighted by Crippen LogP contribution is -1.95. The van der Waals surface area contributed by atoms with Crippen LogP contribution in [0.5, 0.6) is 0 Å². The summed E-state index contributed by atoms with van der Waals surface area (Å²) in [5.41, 5.74) is 9.01. The fourth-order valence-electron chi connectivity index (χ4n) is 1.94. The Bertz CT molecular complexity index is 658. The van der Waals surface area contributed by atoms with Crippen LogP contribution in [0.15, 0.2) is 48.5 Å². The molecule has 0 radical (unpaired) electrons. The van der Waals surface area contributed by atoms with Crippen LogP contribution in [0.3, 0.4) is 0 Å². The number of benzene rings is 2. The van der Waals surface area contributed by atoms with Crippen molar-refractivity contribution < 1.29 is 0 Å². The van der Waals surface area contributed by atoms with Crippen molar-refractivity contribution in [1.82, 2.24) is 4.37 Å². The molecule has 0 bridgehead atoms. The monoisotopic (exact) mass is 240 g/mol. The molecule has 2 nitrogen and oxygen atoms in total. The zero-order chi connectivity index (χ0) is 11.7. The third-order valence-corrected chi connectivity index (χ3v) is 3.64. The van der Waals surface area contributed by atoms with E-state index in [4.69, 9.17) is 5.73 Å². The first-order valence-corrected chi connectivity index (χ1v) is 6.29. The molecule has 0 saturated heterocycles. The van der Waals surface area contributed by atoms with E-state index in [0.29, 0.717) is 6.54 Å². The Kier molecular flexibility index (Phi) is 2.63. The Balaban J connectivity index is 2.20. The third-order valence-electron chi connectivity index (χ3n) is 2.81. The number of nitrogens with two attached hydrogens (primary N) is 1. The Morgan fingerprint density at radius 3 is 2.82 bits per heavy atom. The van der Waals surface area contributed by atoms with E-state index in [2.05, 4.69) is 28.6 Å². The van der Waals surface area contributed by atoms with Crippen molar-refractivity contribution in [3.63, 3.8) is 0 Å². The van der Waals surface area contributed by atoms with E-state index in [1.165, 1.54) is 10.1 Å². The molecule has 1 aromatic heterocycles. The van der Waals surface area contributed by atoms with Crippen molar-refractivity contribution in [2.24, 2.45) is 5.73 Å². The average molecular weight is 240 g/mol. The SMILES string of the molecule is NCc1cccc(-c2nsc3ccccc23)c1. The van der Waals surface area contributed by atoms with Gasteiger partial charge in [-0.15, -0.1) is 0 Å². The molecule has 3 rings (SSSR count). The predicted octanol–water partition coefficient (Wildman–Crippen LogP) is 3.42. The van der Waals surface area contributed by atoms with E-state index in [9.17, 15) is 0 Å². The molecule has 0 amide bonds. The van der Waals surface area contributed by atoms with Gasteiger partial charge in [0, 0.05) is 17.5 Å². The summed E-state index contributed by atoms with van der Waals surface area (Å²) in [4.78, 5) is 0. The lowest BCUT2D eigenvalue weighted by Gasteiger charge is -2.01. The average Bonchev–Trinajstić information content (AvgIpc) is 2.82. The molecule has 2 N–H and O–H groups in total. The van der Waals surface area contributed by atoms with Gasteiger partial charge in [0.15, 0.2) is 0 Å². The van der Waals surface area contributed by atoms with Gasteiger partial charge in [0.05, 0.1) is 10.4 Å². The molecule has 0 aliphatic heterocycles. The summed E-state index contributed by atoms with van der Waals surface area (Å²) in [6.45, 7) is 0.565. The first-order valence-electron chi connectivity index (χ1n) is 5.52. The van der Waals surface area contributed by atoms with Crippen molar-refractivity contribution in [1.29, 1.82) is 0 Å². The summed E-state index contributed by atoms with van der Waals surface area (Å²) in [5.74, 6) is 0. The lowest BCUT2D eigenvalue weighted by atomic mass is 10.1. The molecule has 0 fully saturated rings. The zero-order valence-corrected chi connectivity index (χ0v) is 10.1. The van der Waals surface area contributed by atoms with Crippen molar-refractivity contribution in [3.8, 4) is 11.3 Å². The summed E-state index contributed by atoms with van der Waals surface area (Å²) in [6, 6.07) is 16.6. The normalized spacial score (nSPS) is 10.9. The van der Waals surface area contributed by atoms with Crippen LogP contribution >= 0.6 is 11.5 Å². The number of hydrogen-bond donors (Lipinski definition) is 1. The minimum absolute atomic E-state index is 0.565. The molecular weight excluding hydrogens is 228 g/mol. The van der Waals surface area contributed by atoms with Gasteiger partial charge >= 0.3 is 0 Å². The first-order chi connectivity index (χ1) is 8.38. The fourth-order valence-corrected chi connectivity index (χ4v) is 2.74. The molecular formula is C14H12N2S. The smallest absolute Gasteiger partial charge is 0.0919 e. The molecule has 2 aromatic carbocycles. The topological polar surface area (TPSA) is 38.9 Å². The highest BCUT2D eigenvalue weighted by Crippen LogP contribution is 2.30. The fraction of sp³-hybridized carbons (Fsp3) is 0.0714. The van der Waals surface area contributed by atoms with E-state index >= 15 is 0 Å². The molecule has 0 aliphatic carbocycles. The van der Waals surface area contributed by atoms with E-state index in [1.54, 1.807) is 11.5 Å². The minimum Gasteiger partial charge on any atom is -0.326 e. The maximum absolute atomic E-state index is 5.67. The molecule has 84 valence electrons. The van der Waals surface area contributed by atoms with Crippen LogP contribution in [0.2, 0.25) is 0 Å². The van der Waals surface area contributed by atoms with Gasteiger partial charge in [-0.25, -0.2) is 0 Å². The molecule has 0 atom stereocenters. The predicted molar refractivity (Wildman–Crippen MR) is 72.9 cm³/mol. The second kappa shape index (κ2) is 4.28. The summed E-state index contributed by atoms with van der Waals surface area (Å²) in [7, 11) is 0. The number of rotatable bonds is 2. The van der Waals surface area contributed by atoms with Crippen molar-refractivity contribution in [2.45, 2.75) is 6.54 Å². The standard InChI is InChI=1S/C14H12N2S/c15-9-10-4-3-5-11(8-10)14-12-6-1-2-7-13(12)17-16-14/h1-8H,9,15H2. The molecule has 0 unspecified atom stereocenters. The van der Waals surface area contributed by atoms with Gasteiger partial charge < -0.3 is 5.73 Å². The number of aromatic nitrogens is 1. The van der Waals surface area contributed by atoms with Crippen molar-refractivity contribution in [3.05, 3.63) is 54.1 Å². The summed E-state index contributed by atoms with van der Waals surface area (Å²) < 4.78 is 5.76. The van der Waals surface area contributed by atoms with E-state index in [0.717, 1.165) is 16.8 Å². The van der Waals surface area contributed by atoms with Crippen LogP contribution in [0.1, 0.15) is 5.56 Å². The highest BCUT2D eigenvalue weighted by Gasteiger charge is 2.07. The molecule has 3 heteroatoms. The zero-order valence-electron chi connectivity index (χ0n) is 9.26. The third kappa shape index (κ3) is 1.84. The second-order valence-corrected chi connectivity index (χ2v) is 4.74. The lowest BCUT2D eigenvalue weighted by molar-refractivity contribution is 1.07. The van der Waals surface area contributed by atoms with Crippen molar-refractivity contribution in [2.75, 3.05) is 0 Å². The van der Waals surface area contributed by atoms with Gasteiger partial charge in [-0.2, -0.15) is 4.37 Å². The molecule has 17 heavy (non-hydrogen) atoms. The van der Waals surface area contributed by atoms with Crippen LogP contribution < -0.4 is 5.73 Å². The molecule has 3 aromatic rings. The summed E-state index contributed by atoms with van der Waals surface area (Å²) in [5, 5.41) is 1.21. The highest BCUT2D eigenvalue weighted by molar-refractivity contribution is 7.13. The second-order valence-electron chi connectivity index (χ2n) is 3.93. The number of hydrogen-bond acceptors (Lipinski definition) is 3. The van der Waals surface area contributed by atoms with Crippen LogP contribution in [0, 0.1) is 0 Å². The van der Waals surface area contributed by atoms with Crippen LogP contribution in [0.4, 0.5) is 0 Å². The molecule has 0 spiro atoms. The highest BCUT2D eigenvalue weighted by atomic mass is 32.1. The first kappa shape index (κ1) is 10.4. The summed E-state index contributed by atoms with van der Waals surface area (Å²) >= 11 is 1.54.